The molecule has 0 aliphatic carbocycles. The molecule has 2 heterocycles. The van der Waals surface area contributed by atoms with Crippen LogP contribution in [-0.2, 0) is 27.7 Å². The third kappa shape index (κ3) is 4.87. The van der Waals surface area contributed by atoms with Crippen LogP contribution in [0.5, 0.6) is 0 Å². The van der Waals surface area contributed by atoms with Gasteiger partial charge in [-0.05, 0) is 42.2 Å². The first-order valence-corrected chi connectivity index (χ1v) is 12.6. The van der Waals surface area contributed by atoms with Crippen molar-refractivity contribution >= 4 is 33.4 Å². The van der Waals surface area contributed by atoms with Crippen LogP contribution in [0.4, 0.5) is 5.69 Å². The first-order valence-electron chi connectivity index (χ1n) is 10.2. The number of amides is 1. The summed E-state index contributed by atoms with van der Waals surface area (Å²) in [4.78, 5) is 14.9. The molecular weight excluding hydrogens is 448 g/mol. The molecule has 10 heteroatoms. The standard InChI is InChI=1S/C22H24N4O4S2/c1-25(2)32(28,29)18-10-11-19-17(14-18)9-6-12-26(19)21(27)15-31-22-24-23-20(30-22)13-16-7-4-3-5-8-16/h3-5,7-8,10-11,14H,6,9,12-13,15H2,1-2H3. The Morgan fingerprint density at radius 3 is 2.69 bits per heavy atom. The third-order valence-corrected chi connectivity index (χ3v) is 7.83. The second-order valence-electron chi connectivity index (χ2n) is 7.64. The van der Waals surface area contributed by atoms with Gasteiger partial charge in [-0.1, -0.05) is 42.1 Å². The summed E-state index contributed by atoms with van der Waals surface area (Å²) >= 11 is 1.21. The maximum Gasteiger partial charge on any atom is 0.277 e. The minimum atomic E-state index is -3.52. The number of aryl methyl sites for hydroxylation is 1. The number of hydrogen-bond acceptors (Lipinski definition) is 7. The monoisotopic (exact) mass is 472 g/mol. The maximum atomic E-state index is 12.9. The van der Waals surface area contributed by atoms with Crippen LogP contribution in [0.25, 0.3) is 0 Å². The van der Waals surface area contributed by atoms with Gasteiger partial charge in [0.2, 0.25) is 21.8 Å². The molecular formula is C22H24N4O4S2. The van der Waals surface area contributed by atoms with E-state index in [4.69, 9.17) is 4.42 Å². The fourth-order valence-corrected chi connectivity index (χ4v) is 5.15. The normalized spacial score (nSPS) is 13.9. The summed E-state index contributed by atoms with van der Waals surface area (Å²) < 4.78 is 31.7. The molecule has 0 spiro atoms. The molecule has 0 bridgehead atoms. The van der Waals surface area contributed by atoms with Gasteiger partial charge in [0.05, 0.1) is 17.1 Å². The molecule has 0 radical (unpaired) electrons. The fourth-order valence-electron chi connectivity index (χ4n) is 3.54. The minimum Gasteiger partial charge on any atom is -0.416 e. The molecule has 0 saturated heterocycles. The van der Waals surface area contributed by atoms with E-state index in [9.17, 15) is 13.2 Å². The second-order valence-corrected chi connectivity index (χ2v) is 10.7. The molecule has 168 valence electrons. The molecule has 1 aliphatic rings. The summed E-state index contributed by atoms with van der Waals surface area (Å²) in [6.07, 6.45) is 2.05. The van der Waals surface area contributed by atoms with E-state index in [1.807, 2.05) is 30.3 Å². The van der Waals surface area contributed by atoms with Crippen LogP contribution in [0, 0.1) is 0 Å². The van der Waals surface area contributed by atoms with Crippen molar-refractivity contribution in [3.05, 3.63) is 65.5 Å². The van der Waals surface area contributed by atoms with Gasteiger partial charge in [0.25, 0.3) is 5.22 Å². The Morgan fingerprint density at radius 2 is 1.94 bits per heavy atom. The molecule has 8 nitrogen and oxygen atoms in total. The number of thioether (sulfide) groups is 1. The number of benzene rings is 2. The zero-order valence-corrected chi connectivity index (χ0v) is 19.5. The zero-order valence-electron chi connectivity index (χ0n) is 17.9. The van der Waals surface area contributed by atoms with Gasteiger partial charge in [-0.3, -0.25) is 4.79 Å². The largest absolute Gasteiger partial charge is 0.416 e. The molecule has 2 aromatic carbocycles. The van der Waals surface area contributed by atoms with Crippen molar-refractivity contribution in [1.29, 1.82) is 0 Å². The number of nitrogens with zero attached hydrogens (tertiary/aromatic N) is 4. The zero-order chi connectivity index (χ0) is 22.7. The molecule has 3 aromatic rings. The number of carbonyl (C=O) groups excluding carboxylic acids is 1. The van der Waals surface area contributed by atoms with Crippen molar-refractivity contribution in [1.82, 2.24) is 14.5 Å². The molecule has 0 fully saturated rings. The summed E-state index contributed by atoms with van der Waals surface area (Å²) in [7, 11) is -0.507. The van der Waals surface area contributed by atoms with E-state index in [1.165, 1.54) is 30.2 Å². The van der Waals surface area contributed by atoms with E-state index in [0.717, 1.165) is 29.7 Å². The predicted molar refractivity (Wildman–Crippen MR) is 122 cm³/mol. The molecule has 1 aromatic heterocycles. The van der Waals surface area contributed by atoms with E-state index >= 15 is 0 Å². The van der Waals surface area contributed by atoms with Crippen molar-refractivity contribution < 1.29 is 17.6 Å². The van der Waals surface area contributed by atoms with Crippen molar-refractivity contribution in [2.75, 3.05) is 31.3 Å². The molecule has 1 aliphatic heterocycles. The molecule has 32 heavy (non-hydrogen) atoms. The van der Waals surface area contributed by atoms with Gasteiger partial charge in [0.1, 0.15) is 0 Å². The number of carbonyl (C=O) groups is 1. The summed E-state index contributed by atoms with van der Waals surface area (Å²) in [6, 6.07) is 14.8. The van der Waals surface area contributed by atoms with Gasteiger partial charge in [-0.15, -0.1) is 10.2 Å². The van der Waals surface area contributed by atoms with E-state index in [0.29, 0.717) is 24.1 Å². The number of sulfonamides is 1. The molecule has 0 saturated carbocycles. The Bertz CT molecular complexity index is 1210. The van der Waals surface area contributed by atoms with E-state index < -0.39 is 10.0 Å². The van der Waals surface area contributed by atoms with Crippen LogP contribution in [0.3, 0.4) is 0 Å². The molecule has 0 atom stereocenters. The molecule has 4 rings (SSSR count). The molecule has 0 unspecified atom stereocenters. The summed E-state index contributed by atoms with van der Waals surface area (Å²) in [6.45, 7) is 0.593. The van der Waals surface area contributed by atoms with Crippen molar-refractivity contribution in [3.8, 4) is 0 Å². The first kappa shape index (κ1) is 22.5. The van der Waals surface area contributed by atoms with Gasteiger partial charge >= 0.3 is 0 Å². The van der Waals surface area contributed by atoms with Gasteiger partial charge < -0.3 is 9.32 Å². The first-order chi connectivity index (χ1) is 15.3. The van der Waals surface area contributed by atoms with Crippen LogP contribution < -0.4 is 4.90 Å². The number of aromatic nitrogens is 2. The van der Waals surface area contributed by atoms with Crippen molar-refractivity contribution in [2.24, 2.45) is 0 Å². The summed E-state index contributed by atoms with van der Waals surface area (Å²) in [5.41, 5.74) is 2.69. The van der Waals surface area contributed by atoms with E-state index in [1.54, 1.807) is 23.1 Å². The summed E-state index contributed by atoms with van der Waals surface area (Å²) in [5.74, 6) is 0.579. The van der Waals surface area contributed by atoms with Crippen LogP contribution >= 0.6 is 11.8 Å². The van der Waals surface area contributed by atoms with E-state index in [-0.39, 0.29) is 16.6 Å². The number of anilines is 1. The highest BCUT2D eigenvalue weighted by atomic mass is 32.2. The Hall–Kier alpha value is -2.69. The maximum absolute atomic E-state index is 12.9. The highest BCUT2D eigenvalue weighted by Crippen LogP contribution is 2.31. The Balaban J connectivity index is 1.42. The predicted octanol–water partition coefficient (Wildman–Crippen LogP) is 2.98. The van der Waals surface area contributed by atoms with Crippen LogP contribution in [0.2, 0.25) is 0 Å². The van der Waals surface area contributed by atoms with Gasteiger partial charge in [-0.2, -0.15) is 0 Å². The highest BCUT2D eigenvalue weighted by molar-refractivity contribution is 7.99. The van der Waals surface area contributed by atoms with Gasteiger partial charge in [0, 0.05) is 26.3 Å². The van der Waals surface area contributed by atoms with E-state index in [2.05, 4.69) is 10.2 Å². The van der Waals surface area contributed by atoms with Crippen LogP contribution in [0.15, 0.2) is 63.1 Å². The topological polar surface area (TPSA) is 96.6 Å². The number of fused-ring (bicyclic) bond motifs is 1. The smallest absolute Gasteiger partial charge is 0.277 e. The SMILES string of the molecule is CN(C)S(=O)(=O)c1ccc2c(c1)CCCN2C(=O)CSc1nnc(Cc2ccccc2)o1. The molecule has 0 N–H and O–H groups in total. The highest BCUT2D eigenvalue weighted by Gasteiger charge is 2.26. The summed E-state index contributed by atoms with van der Waals surface area (Å²) in [5, 5.41) is 8.45. The Labute approximate surface area is 191 Å². The average Bonchev–Trinajstić information content (AvgIpc) is 3.24. The minimum absolute atomic E-state index is 0.0815. The van der Waals surface area contributed by atoms with Crippen molar-refractivity contribution in [3.63, 3.8) is 0 Å². The lowest BCUT2D eigenvalue weighted by Crippen LogP contribution is -2.36. The van der Waals surface area contributed by atoms with Crippen LogP contribution in [-0.4, -0.2) is 55.2 Å². The second kappa shape index (κ2) is 9.43. The lowest BCUT2D eigenvalue weighted by molar-refractivity contribution is -0.116. The Kier molecular flexibility index (Phi) is 6.63. The molecule has 1 amide bonds. The quantitative estimate of drug-likeness (QED) is 0.488. The lowest BCUT2D eigenvalue weighted by Gasteiger charge is -2.30. The Morgan fingerprint density at radius 1 is 1.16 bits per heavy atom. The van der Waals surface area contributed by atoms with Crippen molar-refractivity contribution in [2.45, 2.75) is 29.4 Å². The van der Waals surface area contributed by atoms with Crippen LogP contribution in [0.1, 0.15) is 23.4 Å². The number of hydrogen-bond donors (Lipinski definition) is 0. The van der Waals surface area contributed by atoms with Gasteiger partial charge in [-0.25, -0.2) is 12.7 Å². The third-order valence-electron chi connectivity index (χ3n) is 5.21. The fraction of sp³-hybridized carbons (Fsp3) is 0.318. The number of rotatable bonds is 7. The van der Waals surface area contributed by atoms with Gasteiger partial charge in [0.15, 0.2) is 0 Å². The lowest BCUT2D eigenvalue weighted by atomic mass is 10.0. The average molecular weight is 473 g/mol.